The van der Waals surface area contributed by atoms with E-state index in [0.29, 0.717) is 40.1 Å². The van der Waals surface area contributed by atoms with Crippen molar-refractivity contribution in [3.05, 3.63) is 70.5 Å². The van der Waals surface area contributed by atoms with Gasteiger partial charge in [0.05, 0.1) is 48.9 Å². The number of rotatable bonds is 10. The molecular formula is C26H26ClFN8O3. The Bertz CT molecular complexity index is 1610. The summed E-state index contributed by atoms with van der Waals surface area (Å²) in [7, 11) is 1.46. The van der Waals surface area contributed by atoms with Crippen LogP contribution in [0.1, 0.15) is 44.6 Å². The molecule has 0 spiro atoms. The topological polar surface area (TPSA) is 142 Å². The van der Waals surface area contributed by atoms with Crippen LogP contribution in [0.5, 0.6) is 5.75 Å². The first kappa shape index (κ1) is 22.7. The van der Waals surface area contributed by atoms with E-state index in [-0.39, 0.29) is 35.6 Å². The number of ether oxygens (including phenoxy) is 2. The Balaban J connectivity index is 1.51. The van der Waals surface area contributed by atoms with Crippen molar-refractivity contribution in [3.63, 3.8) is 0 Å². The average molecular weight is 556 g/mol. The zero-order valence-electron chi connectivity index (χ0n) is 23.7. The van der Waals surface area contributed by atoms with Crippen molar-refractivity contribution >= 4 is 34.8 Å². The summed E-state index contributed by atoms with van der Waals surface area (Å²) in [5, 5.41) is 9.68. The second-order valence-corrected chi connectivity index (χ2v) is 9.19. The van der Waals surface area contributed by atoms with Crippen molar-refractivity contribution in [3.8, 4) is 17.1 Å². The largest absolute Gasteiger partial charge is 0.494 e. The van der Waals surface area contributed by atoms with Gasteiger partial charge in [0, 0.05) is 17.2 Å². The lowest BCUT2D eigenvalue weighted by Gasteiger charge is -2.17. The molecule has 13 heteroatoms. The molecule has 11 nitrogen and oxygen atoms in total. The van der Waals surface area contributed by atoms with Crippen LogP contribution in [-0.4, -0.2) is 44.7 Å². The van der Waals surface area contributed by atoms with E-state index in [4.69, 9.17) is 30.9 Å². The van der Waals surface area contributed by atoms with Gasteiger partial charge >= 0.3 is 0 Å². The van der Waals surface area contributed by atoms with Crippen LogP contribution in [0.2, 0.25) is 5.15 Å². The van der Waals surface area contributed by atoms with E-state index in [1.54, 1.807) is 23.1 Å². The Morgan fingerprint density at radius 3 is 2.85 bits per heavy atom. The highest BCUT2D eigenvalue weighted by Gasteiger charge is 2.26. The number of pyridine rings is 2. The number of benzene rings is 1. The van der Waals surface area contributed by atoms with Gasteiger partial charge in [0.25, 0.3) is 5.91 Å². The van der Waals surface area contributed by atoms with Gasteiger partial charge in [-0.2, -0.15) is 5.10 Å². The second-order valence-electron chi connectivity index (χ2n) is 8.81. The molecule has 0 atom stereocenters. The number of amides is 1. The maximum Gasteiger partial charge on any atom is 0.254 e. The highest BCUT2D eigenvalue weighted by molar-refractivity contribution is 6.29. The number of aromatic nitrogens is 5. The first-order valence-corrected chi connectivity index (χ1v) is 12.2. The van der Waals surface area contributed by atoms with Gasteiger partial charge in [-0.1, -0.05) is 11.6 Å². The summed E-state index contributed by atoms with van der Waals surface area (Å²) in [6.07, 6.45) is 3.68. The molecule has 1 amide bonds. The summed E-state index contributed by atoms with van der Waals surface area (Å²) >= 11 is 6.13. The molecule has 1 aliphatic rings. The summed E-state index contributed by atoms with van der Waals surface area (Å²) < 4.78 is 49.3. The lowest BCUT2D eigenvalue weighted by Crippen LogP contribution is -2.19. The molecule has 39 heavy (non-hydrogen) atoms. The molecule has 3 aromatic heterocycles. The summed E-state index contributed by atoms with van der Waals surface area (Å²) in [5.41, 5.74) is 7.39. The smallest absolute Gasteiger partial charge is 0.254 e. The highest BCUT2D eigenvalue weighted by atomic mass is 35.5. The van der Waals surface area contributed by atoms with E-state index >= 15 is 0 Å². The number of methoxy groups -OCH3 is 1. The van der Waals surface area contributed by atoms with Crippen LogP contribution in [0.25, 0.3) is 11.4 Å². The lowest BCUT2D eigenvalue weighted by molar-refractivity contribution is 0.0963. The molecule has 202 valence electrons. The Morgan fingerprint density at radius 2 is 2.10 bits per heavy atom. The lowest BCUT2D eigenvalue weighted by atomic mass is 10.1. The van der Waals surface area contributed by atoms with Gasteiger partial charge in [-0.15, -0.1) is 0 Å². The van der Waals surface area contributed by atoms with Crippen LogP contribution in [0.3, 0.4) is 0 Å². The van der Waals surface area contributed by atoms with Gasteiger partial charge in [-0.3, -0.25) is 4.79 Å². The van der Waals surface area contributed by atoms with Gasteiger partial charge < -0.3 is 25.8 Å². The zero-order chi connectivity index (χ0) is 30.0. The van der Waals surface area contributed by atoms with Crippen LogP contribution < -0.4 is 21.1 Å². The minimum Gasteiger partial charge on any atom is -0.494 e. The fourth-order valence-electron chi connectivity index (χ4n) is 3.99. The van der Waals surface area contributed by atoms with Crippen molar-refractivity contribution in [1.29, 1.82) is 0 Å². The monoisotopic (exact) mass is 555 g/mol. The van der Waals surface area contributed by atoms with E-state index < -0.39 is 18.7 Å². The third-order valence-electron chi connectivity index (χ3n) is 5.88. The first-order valence-electron chi connectivity index (χ1n) is 13.4. The minimum absolute atomic E-state index is 0.0116. The highest BCUT2D eigenvalue weighted by Crippen LogP contribution is 2.40. The summed E-state index contributed by atoms with van der Waals surface area (Å²) in [4.78, 5) is 25.5. The molecule has 1 saturated carbocycles. The van der Waals surface area contributed by atoms with Crippen LogP contribution in [-0.2, 0) is 18.0 Å². The van der Waals surface area contributed by atoms with Crippen molar-refractivity contribution < 1.29 is 22.8 Å². The Hall–Kier alpha value is -4.29. The van der Waals surface area contributed by atoms with E-state index in [1.165, 1.54) is 25.3 Å². The predicted octanol–water partition coefficient (Wildman–Crippen LogP) is 4.27. The SMILES string of the molecule is [2H]C([2H])([2H])NC(=O)c1ccc(Cl)nc1Nc1cc(COCc2cc(F)cc(N)n2)cc(-c2ncn(C3CC3)n2)c1OC. The predicted molar refractivity (Wildman–Crippen MR) is 143 cm³/mol. The van der Waals surface area contributed by atoms with Gasteiger partial charge in [0.2, 0.25) is 0 Å². The molecule has 1 aliphatic carbocycles. The van der Waals surface area contributed by atoms with Crippen LogP contribution in [0, 0.1) is 5.82 Å². The molecule has 4 N–H and O–H groups in total. The quantitative estimate of drug-likeness (QED) is 0.244. The molecule has 1 aromatic carbocycles. The van der Waals surface area contributed by atoms with Crippen LogP contribution in [0.15, 0.2) is 42.7 Å². The average Bonchev–Trinajstić information content (AvgIpc) is 3.63. The molecule has 5 rings (SSSR count). The van der Waals surface area contributed by atoms with E-state index in [2.05, 4.69) is 25.4 Å². The molecule has 4 aromatic rings. The van der Waals surface area contributed by atoms with E-state index in [1.807, 2.05) is 5.32 Å². The van der Waals surface area contributed by atoms with Gasteiger partial charge in [-0.25, -0.2) is 24.0 Å². The Kier molecular flexibility index (Phi) is 6.52. The summed E-state index contributed by atoms with van der Waals surface area (Å²) in [6.45, 7) is -2.68. The molecule has 0 aliphatic heterocycles. The maximum atomic E-state index is 13.7. The standard InChI is InChI=1S/C26H26ClFN8O3/c1-30-26(37)18-5-6-21(27)34-25(18)33-20-8-14(11-39-12-16-9-15(28)10-22(29)32-16)7-19(23(20)38-2)24-31-13-36(35-24)17-3-4-17/h5-10,13,17H,3-4,11-12H2,1-2H3,(H2,29,32)(H,30,37)(H,33,34)/i1D3. The Labute approximate surface area is 232 Å². The van der Waals surface area contributed by atoms with E-state index in [0.717, 1.165) is 18.9 Å². The number of hydrogen-bond acceptors (Lipinski definition) is 9. The number of nitrogens with two attached hydrogens (primary N) is 1. The zero-order valence-corrected chi connectivity index (χ0v) is 21.5. The van der Waals surface area contributed by atoms with Crippen molar-refractivity contribution in [2.45, 2.75) is 32.1 Å². The fourth-order valence-corrected chi connectivity index (χ4v) is 4.14. The van der Waals surface area contributed by atoms with Gasteiger partial charge in [0.1, 0.15) is 28.9 Å². The van der Waals surface area contributed by atoms with Crippen LogP contribution in [0.4, 0.5) is 21.7 Å². The molecule has 0 radical (unpaired) electrons. The number of carbonyl (C=O) groups is 1. The first-order chi connectivity index (χ1) is 20.0. The molecule has 0 saturated heterocycles. The molecule has 0 unspecified atom stereocenters. The number of carbonyl (C=O) groups excluding carboxylic acids is 1. The maximum absolute atomic E-state index is 13.7. The normalized spacial score (nSPS) is 14.3. The third kappa shape index (κ3) is 6.07. The van der Waals surface area contributed by atoms with Crippen molar-refractivity contribution in [1.82, 2.24) is 30.0 Å². The second kappa shape index (κ2) is 11.2. The summed E-state index contributed by atoms with van der Waals surface area (Å²) in [6, 6.07) is 8.85. The van der Waals surface area contributed by atoms with Gasteiger partial charge in [-0.05, 0) is 48.7 Å². The number of nitrogen functional groups attached to an aromatic ring is 1. The number of hydrogen-bond donors (Lipinski definition) is 3. The molecular weight excluding hydrogens is 527 g/mol. The molecule has 1 fully saturated rings. The Morgan fingerprint density at radius 1 is 1.26 bits per heavy atom. The number of anilines is 3. The van der Waals surface area contributed by atoms with E-state index in [9.17, 15) is 9.18 Å². The minimum atomic E-state index is -2.72. The third-order valence-corrected chi connectivity index (χ3v) is 6.09. The number of nitrogens with one attached hydrogen (secondary N) is 2. The van der Waals surface area contributed by atoms with Crippen molar-refractivity contribution in [2.24, 2.45) is 0 Å². The molecule has 3 heterocycles. The van der Waals surface area contributed by atoms with Crippen LogP contribution >= 0.6 is 11.6 Å². The van der Waals surface area contributed by atoms with Crippen molar-refractivity contribution in [2.75, 3.05) is 25.1 Å². The number of nitrogens with zero attached hydrogens (tertiary/aromatic N) is 5. The van der Waals surface area contributed by atoms with Gasteiger partial charge in [0.15, 0.2) is 11.6 Å². The fraction of sp³-hybridized carbons (Fsp3) is 0.269. The number of halogens is 2. The summed E-state index contributed by atoms with van der Waals surface area (Å²) in [5.74, 6) is -0.659. The molecule has 0 bridgehead atoms.